The summed E-state index contributed by atoms with van der Waals surface area (Å²) in [7, 11) is 0. The number of hydrogen-bond acceptors (Lipinski definition) is 3. The van der Waals surface area contributed by atoms with Crippen LogP contribution in [0.25, 0.3) is 0 Å². The quantitative estimate of drug-likeness (QED) is 0.876. The minimum atomic E-state index is -0.161. The molecule has 0 saturated carbocycles. The number of benzene rings is 1. The molecule has 17 heavy (non-hydrogen) atoms. The van der Waals surface area contributed by atoms with E-state index in [2.05, 4.69) is 15.3 Å². The molecule has 0 amide bonds. The third-order valence-corrected chi connectivity index (χ3v) is 2.51. The molecular formula is C13H14FN3. The number of hydrogen-bond donors (Lipinski definition) is 1. The molecule has 0 aliphatic rings. The average Bonchev–Trinajstić information content (AvgIpc) is 2.35. The van der Waals surface area contributed by atoms with Gasteiger partial charge in [0, 0.05) is 19.3 Å². The topological polar surface area (TPSA) is 37.8 Å². The van der Waals surface area contributed by atoms with Gasteiger partial charge >= 0.3 is 0 Å². The van der Waals surface area contributed by atoms with Crippen molar-refractivity contribution in [1.82, 2.24) is 15.3 Å². The number of nitrogens with one attached hydrogen (secondary N) is 1. The maximum absolute atomic E-state index is 13.3. The molecule has 0 spiro atoms. The van der Waals surface area contributed by atoms with Gasteiger partial charge in [-0.3, -0.25) is 0 Å². The molecule has 2 rings (SSSR count). The predicted octanol–water partition coefficient (Wildman–Crippen LogP) is 2.21. The Labute approximate surface area is 99.7 Å². The molecule has 0 bridgehead atoms. The van der Waals surface area contributed by atoms with Crippen LogP contribution in [0.1, 0.15) is 16.8 Å². The number of halogens is 1. The van der Waals surface area contributed by atoms with Crippen molar-refractivity contribution < 1.29 is 4.39 Å². The molecule has 0 saturated heterocycles. The standard InChI is InChI=1S/C13H14FN3/c1-10-2-3-11(6-13(10)14)7-16-8-12-4-5-15-9-17-12/h2-6,9,16H,7-8H2,1H3. The highest BCUT2D eigenvalue weighted by atomic mass is 19.1. The lowest BCUT2D eigenvalue weighted by Gasteiger charge is -2.05. The number of aryl methyl sites for hydroxylation is 1. The van der Waals surface area contributed by atoms with Gasteiger partial charge < -0.3 is 5.32 Å². The Hall–Kier alpha value is -1.81. The SMILES string of the molecule is Cc1ccc(CNCc2ccncn2)cc1F. The van der Waals surface area contributed by atoms with Crippen molar-refractivity contribution >= 4 is 0 Å². The van der Waals surface area contributed by atoms with Crippen LogP contribution in [0.3, 0.4) is 0 Å². The van der Waals surface area contributed by atoms with Crippen LogP contribution in [-0.4, -0.2) is 9.97 Å². The lowest BCUT2D eigenvalue weighted by atomic mass is 10.1. The number of aromatic nitrogens is 2. The van der Waals surface area contributed by atoms with Crippen molar-refractivity contribution in [2.75, 3.05) is 0 Å². The van der Waals surface area contributed by atoms with Gasteiger partial charge in [0.25, 0.3) is 0 Å². The summed E-state index contributed by atoms with van der Waals surface area (Å²) in [6.07, 6.45) is 3.22. The van der Waals surface area contributed by atoms with Gasteiger partial charge in [0.15, 0.2) is 0 Å². The van der Waals surface area contributed by atoms with E-state index >= 15 is 0 Å². The number of rotatable bonds is 4. The molecule has 2 aromatic rings. The van der Waals surface area contributed by atoms with E-state index in [0.717, 1.165) is 11.3 Å². The molecule has 0 atom stereocenters. The Morgan fingerprint density at radius 1 is 1.24 bits per heavy atom. The Balaban J connectivity index is 1.88. The number of nitrogens with zero attached hydrogens (tertiary/aromatic N) is 2. The molecule has 1 N–H and O–H groups in total. The van der Waals surface area contributed by atoms with Crippen molar-refractivity contribution in [3.8, 4) is 0 Å². The summed E-state index contributed by atoms with van der Waals surface area (Å²) in [4.78, 5) is 7.94. The summed E-state index contributed by atoms with van der Waals surface area (Å²) >= 11 is 0. The van der Waals surface area contributed by atoms with Gasteiger partial charge in [0.05, 0.1) is 5.69 Å². The summed E-state index contributed by atoms with van der Waals surface area (Å²) < 4.78 is 13.3. The zero-order valence-electron chi connectivity index (χ0n) is 9.65. The molecule has 1 aromatic carbocycles. The third-order valence-electron chi connectivity index (χ3n) is 2.51. The molecule has 1 aromatic heterocycles. The summed E-state index contributed by atoms with van der Waals surface area (Å²) in [5, 5.41) is 3.21. The fourth-order valence-corrected chi connectivity index (χ4v) is 1.50. The van der Waals surface area contributed by atoms with Crippen LogP contribution >= 0.6 is 0 Å². The second kappa shape index (κ2) is 5.50. The Kier molecular flexibility index (Phi) is 3.77. The van der Waals surface area contributed by atoms with Crippen molar-refractivity contribution in [3.05, 3.63) is 59.4 Å². The van der Waals surface area contributed by atoms with Crippen molar-refractivity contribution in [2.24, 2.45) is 0 Å². The fourth-order valence-electron chi connectivity index (χ4n) is 1.50. The monoisotopic (exact) mass is 231 g/mol. The first kappa shape index (κ1) is 11.7. The molecular weight excluding hydrogens is 217 g/mol. The van der Waals surface area contributed by atoms with E-state index in [1.807, 2.05) is 12.1 Å². The summed E-state index contributed by atoms with van der Waals surface area (Å²) in [5.74, 6) is -0.161. The largest absolute Gasteiger partial charge is 0.307 e. The first-order chi connectivity index (χ1) is 8.25. The highest BCUT2D eigenvalue weighted by Gasteiger charge is 1.99. The molecule has 0 fully saturated rings. The molecule has 0 radical (unpaired) electrons. The van der Waals surface area contributed by atoms with Crippen molar-refractivity contribution in [2.45, 2.75) is 20.0 Å². The lowest BCUT2D eigenvalue weighted by molar-refractivity contribution is 0.610. The van der Waals surface area contributed by atoms with E-state index in [4.69, 9.17) is 0 Å². The summed E-state index contributed by atoms with van der Waals surface area (Å²) in [5.41, 5.74) is 2.53. The van der Waals surface area contributed by atoms with E-state index in [1.54, 1.807) is 25.3 Å². The average molecular weight is 231 g/mol. The minimum Gasteiger partial charge on any atom is -0.307 e. The van der Waals surface area contributed by atoms with Gasteiger partial charge in [0.2, 0.25) is 0 Å². The van der Waals surface area contributed by atoms with Crippen LogP contribution in [0.15, 0.2) is 36.8 Å². The highest BCUT2D eigenvalue weighted by molar-refractivity contribution is 5.23. The normalized spacial score (nSPS) is 10.5. The van der Waals surface area contributed by atoms with Crippen LogP contribution < -0.4 is 5.32 Å². The van der Waals surface area contributed by atoms with E-state index < -0.39 is 0 Å². The molecule has 0 aliphatic carbocycles. The van der Waals surface area contributed by atoms with Gasteiger partial charge in [-0.15, -0.1) is 0 Å². The maximum Gasteiger partial charge on any atom is 0.126 e. The Bertz CT molecular complexity index is 485. The highest BCUT2D eigenvalue weighted by Crippen LogP contribution is 2.08. The van der Waals surface area contributed by atoms with Gasteiger partial charge in [-0.1, -0.05) is 12.1 Å². The zero-order chi connectivity index (χ0) is 12.1. The molecule has 4 heteroatoms. The van der Waals surface area contributed by atoms with Crippen LogP contribution in [0.2, 0.25) is 0 Å². The van der Waals surface area contributed by atoms with Gasteiger partial charge in [-0.2, -0.15) is 0 Å². The zero-order valence-corrected chi connectivity index (χ0v) is 9.65. The fraction of sp³-hybridized carbons (Fsp3) is 0.231. The van der Waals surface area contributed by atoms with Crippen LogP contribution in [0.5, 0.6) is 0 Å². The van der Waals surface area contributed by atoms with Gasteiger partial charge in [-0.05, 0) is 30.2 Å². The third kappa shape index (κ3) is 3.32. The van der Waals surface area contributed by atoms with Crippen molar-refractivity contribution in [1.29, 1.82) is 0 Å². The Morgan fingerprint density at radius 3 is 2.82 bits per heavy atom. The van der Waals surface area contributed by atoms with Crippen molar-refractivity contribution in [3.63, 3.8) is 0 Å². The first-order valence-corrected chi connectivity index (χ1v) is 5.46. The van der Waals surface area contributed by atoms with Crippen LogP contribution in [0.4, 0.5) is 4.39 Å². The summed E-state index contributed by atoms with van der Waals surface area (Å²) in [6.45, 7) is 3.03. The Morgan fingerprint density at radius 2 is 2.12 bits per heavy atom. The summed E-state index contributed by atoms with van der Waals surface area (Å²) in [6, 6.07) is 7.12. The second-order valence-electron chi connectivity index (χ2n) is 3.89. The second-order valence-corrected chi connectivity index (χ2v) is 3.89. The van der Waals surface area contributed by atoms with Crippen LogP contribution in [0, 0.1) is 12.7 Å². The molecule has 1 heterocycles. The first-order valence-electron chi connectivity index (χ1n) is 5.46. The molecule has 88 valence electrons. The van der Waals surface area contributed by atoms with E-state index in [9.17, 15) is 4.39 Å². The predicted molar refractivity (Wildman–Crippen MR) is 63.7 cm³/mol. The minimum absolute atomic E-state index is 0.161. The molecule has 0 aliphatic heterocycles. The lowest BCUT2D eigenvalue weighted by Crippen LogP contribution is -2.13. The van der Waals surface area contributed by atoms with Gasteiger partial charge in [-0.25, -0.2) is 14.4 Å². The van der Waals surface area contributed by atoms with E-state index in [-0.39, 0.29) is 5.82 Å². The molecule has 3 nitrogen and oxygen atoms in total. The van der Waals surface area contributed by atoms with E-state index in [0.29, 0.717) is 18.7 Å². The van der Waals surface area contributed by atoms with Gasteiger partial charge in [0.1, 0.15) is 12.1 Å². The molecule has 0 unspecified atom stereocenters. The maximum atomic E-state index is 13.3. The van der Waals surface area contributed by atoms with E-state index in [1.165, 1.54) is 6.33 Å². The smallest absolute Gasteiger partial charge is 0.126 e. The van der Waals surface area contributed by atoms with Crippen LogP contribution in [-0.2, 0) is 13.1 Å².